The maximum Gasteiger partial charge on any atom is 0.163 e. The quantitative estimate of drug-likeness (QED) is 0.775. The van der Waals surface area contributed by atoms with Gasteiger partial charge in [-0.3, -0.25) is 4.79 Å². The lowest BCUT2D eigenvalue weighted by molar-refractivity contribution is 0.0994. The summed E-state index contributed by atoms with van der Waals surface area (Å²) in [6.45, 7) is 0. The van der Waals surface area contributed by atoms with E-state index in [1.807, 2.05) is 30.0 Å². The molecule has 0 atom stereocenters. The lowest BCUT2D eigenvalue weighted by atomic mass is 10.1. The normalized spacial score (nSPS) is 13.6. The summed E-state index contributed by atoms with van der Waals surface area (Å²) in [6, 6.07) is 16.7. The van der Waals surface area contributed by atoms with Crippen LogP contribution in [0.5, 0.6) is 0 Å². The van der Waals surface area contributed by atoms with Gasteiger partial charge < -0.3 is 0 Å². The molecule has 19 heavy (non-hydrogen) atoms. The number of benzene rings is 2. The van der Waals surface area contributed by atoms with Gasteiger partial charge in [0.1, 0.15) is 0 Å². The van der Waals surface area contributed by atoms with E-state index in [-0.39, 0.29) is 0 Å². The highest BCUT2D eigenvalue weighted by molar-refractivity contribution is 7.99. The van der Waals surface area contributed by atoms with Gasteiger partial charge in [-0.05, 0) is 30.0 Å². The molecule has 1 aliphatic carbocycles. The molecule has 0 aromatic heterocycles. The number of Topliss-reactive ketones (excluding diaryl/α,β-unsaturated/α-hetero) is 1. The highest BCUT2D eigenvalue weighted by Gasteiger charge is 2.21. The molecule has 96 valence electrons. The molecule has 2 aromatic rings. The van der Waals surface area contributed by atoms with Crippen molar-refractivity contribution in [1.29, 1.82) is 0 Å². The van der Waals surface area contributed by atoms with Gasteiger partial charge in [0.25, 0.3) is 0 Å². The Morgan fingerprint density at radius 3 is 2.63 bits per heavy atom. The number of aryl methyl sites for hydroxylation is 1. The Balaban J connectivity index is 1.67. The number of carbonyl (C=O) groups is 1. The summed E-state index contributed by atoms with van der Waals surface area (Å²) in [5, 5.41) is 0. The molecule has 0 N–H and O–H groups in total. The van der Waals surface area contributed by atoms with Crippen molar-refractivity contribution in [3.63, 3.8) is 0 Å². The van der Waals surface area contributed by atoms with Gasteiger partial charge >= 0.3 is 0 Å². The third kappa shape index (κ3) is 2.74. The molecule has 0 heterocycles. The van der Waals surface area contributed by atoms with Crippen LogP contribution in [0, 0.1) is 0 Å². The molecule has 0 radical (unpaired) electrons. The molecule has 0 fully saturated rings. The number of fused-ring (bicyclic) bond motifs is 1. The summed E-state index contributed by atoms with van der Waals surface area (Å²) in [5.41, 5.74) is 3.59. The molecule has 0 amide bonds. The van der Waals surface area contributed by atoms with Crippen molar-refractivity contribution in [3.8, 4) is 0 Å². The Morgan fingerprint density at radius 1 is 0.947 bits per heavy atom. The fourth-order valence-corrected chi connectivity index (χ4v) is 3.64. The first-order valence-corrected chi connectivity index (χ1v) is 7.65. The largest absolute Gasteiger partial charge is 0.294 e. The third-order valence-electron chi connectivity index (χ3n) is 3.53. The van der Waals surface area contributed by atoms with Crippen molar-refractivity contribution in [2.75, 3.05) is 5.75 Å². The van der Waals surface area contributed by atoms with Crippen LogP contribution in [0.1, 0.15) is 27.9 Å². The molecule has 1 aliphatic rings. The lowest BCUT2D eigenvalue weighted by Gasteiger charge is -2.07. The number of hydrogen-bond acceptors (Lipinski definition) is 2. The van der Waals surface area contributed by atoms with Crippen LogP contribution >= 0.6 is 11.8 Å². The molecular formula is C17H16OS. The molecule has 1 nitrogen and oxygen atoms in total. The SMILES string of the molecule is O=C1CCc2c(SCCc3ccccc3)cccc21. The Kier molecular flexibility index (Phi) is 3.69. The molecule has 3 rings (SSSR count). The average molecular weight is 268 g/mol. The fourth-order valence-electron chi connectivity index (χ4n) is 2.52. The number of ketones is 1. The molecule has 0 aliphatic heterocycles. The fraction of sp³-hybridized carbons (Fsp3) is 0.235. The van der Waals surface area contributed by atoms with E-state index in [4.69, 9.17) is 0 Å². The zero-order chi connectivity index (χ0) is 13.1. The van der Waals surface area contributed by atoms with Gasteiger partial charge in [-0.1, -0.05) is 42.5 Å². The summed E-state index contributed by atoms with van der Waals surface area (Å²) in [7, 11) is 0. The van der Waals surface area contributed by atoms with E-state index < -0.39 is 0 Å². The molecule has 0 saturated carbocycles. The van der Waals surface area contributed by atoms with Crippen LogP contribution in [0.4, 0.5) is 0 Å². The molecule has 2 aromatic carbocycles. The van der Waals surface area contributed by atoms with Crippen molar-refractivity contribution in [2.24, 2.45) is 0 Å². The van der Waals surface area contributed by atoms with Crippen LogP contribution < -0.4 is 0 Å². The second kappa shape index (κ2) is 5.62. The zero-order valence-electron chi connectivity index (χ0n) is 10.8. The van der Waals surface area contributed by atoms with Crippen molar-refractivity contribution in [2.45, 2.75) is 24.2 Å². The van der Waals surface area contributed by atoms with Crippen LogP contribution in [-0.2, 0) is 12.8 Å². The van der Waals surface area contributed by atoms with Crippen LogP contribution in [-0.4, -0.2) is 11.5 Å². The minimum Gasteiger partial charge on any atom is -0.294 e. The molecule has 0 spiro atoms. The zero-order valence-corrected chi connectivity index (χ0v) is 11.6. The topological polar surface area (TPSA) is 17.1 Å². The van der Waals surface area contributed by atoms with Gasteiger partial charge in [0.05, 0.1) is 0 Å². The number of carbonyl (C=O) groups excluding carboxylic acids is 1. The van der Waals surface area contributed by atoms with Crippen molar-refractivity contribution in [1.82, 2.24) is 0 Å². The van der Waals surface area contributed by atoms with Crippen LogP contribution in [0.2, 0.25) is 0 Å². The smallest absolute Gasteiger partial charge is 0.163 e. The van der Waals surface area contributed by atoms with Gasteiger partial charge in [-0.2, -0.15) is 0 Å². The summed E-state index contributed by atoms with van der Waals surface area (Å²) < 4.78 is 0. The first kappa shape index (κ1) is 12.5. The van der Waals surface area contributed by atoms with Gasteiger partial charge in [0.2, 0.25) is 0 Å². The van der Waals surface area contributed by atoms with E-state index in [0.717, 1.165) is 24.2 Å². The third-order valence-corrected chi connectivity index (χ3v) is 4.63. The molecule has 0 bridgehead atoms. The molecule has 0 unspecified atom stereocenters. The monoisotopic (exact) mass is 268 g/mol. The van der Waals surface area contributed by atoms with Crippen molar-refractivity contribution >= 4 is 17.5 Å². The van der Waals surface area contributed by atoms with E-state index in [2.05, 4.69) is 30.3 Å². The Hall–Kier alpha value is -1.54. The Morgan fingerprint density at radius 2 is 1.79 bits per heavy atom. The minimum absolute atomic E-state index is 0.306. The van der Waals surface area contributed by atoms with Gasteiger partial charge in [-0.25, -0.2) is 0 Å². The Labute approximate surface area is 118 Å². The minimum atomic E-state index is 0.306. The first-order chi connectivity index (χ1) is 9.34. The number of hydrogen-bond donors (Lipinski definition) is 0. The van der Waals surface area contributed by atoms with Crippen molar-refractivity contribution in [3.05, 3.63) is 65.2 Å². The summed E-state index contributed by atoms with van der Waals surface area (Å²) in [5.74, 6) is 1.37. The van der Waals surface area contributed by atoms with Gasteiger partial charge in [0, 0.05) is 22.6 Å². The van der Waals surface area contributed by atoms with Crippen LogP contribution in [0.3, 0.4) is 0 Å². The average Bonchev–Trinajstić information content (AvgIpc) is 2.83. The van der Waals surface area contributed by atoms with Gasteiger partial charge in [0.15, 0.2) is 5.78 Å². The predicted molar refractivity (Wildman–Crippen MR) is 80.0 cm³/mol. The van der Waals surface area contributed by atoms with E-state index in [0.29, 0.717) is 12.2 Å². The molecule has 2 heteroatoms. The first-order valence-electron chi connectivity index (χ1n) is 6.66. The highest BCUT2D eigenvalue weighted by Crippen LogP contribution is 2.32. The second-order valence-electron chi connectivity index (χ2n) is 4.79. The number of rotatable bonds is 4. The van der Waals surface area contributed by atoms with E-state index in [9.17, 15) is 4.79 Å². The van der Waals surface area contributed by atoms with E-state index in [1.54, 1.807) is 0 Å². The van der Waals surface area contributed by atoms with Gasteiger partial charge in [-0.15, -0.1) is 11.8 Å². The second-order valence-corrected chi connectivity index (χ2v) is 5.93. The maximum absolute atomic E-state index is 11.7. The maximum atomic E-state index is 11.7. The van der Waals surface area contributed by atoms with Crippen molar-refractivity contribution < 1.29 is 4.79 Å². The summed E-state index contributed by atoms with van der Waals surface area (Å²) in [4.78, 5) is 13.0. The molecule has 0 saturated heterocycles. The van der Waals surface area contributed by atoms with Crippen LogP contribution in [0.25, 0.3) is 0 Å². The van der Waals surface area contributed by atoms with E-state index >= 15 is 0 Å². The summed E-state index contributed by atoms with van der Waals surface area (Å²) >= 11 is 1.87. The lowest BCUT2D eigenvalue weighted by Crippen LogP contribution is -1.93. The standard InChI is InChI=1S/C17H16OS/c18-16-10-9-15-14(16)7-4-8-17(15)19-12-11-13-5-2-1-3-6-13/h1-8H,9-12H2. The highest BCUT2D eigenvalue weighted by atomic mass is 32.2. The van der Waals surface area contributed by atoms with Crippen LogP contribution in [0.15, 0.2) is 53.4 Å². The van der Waals surface area contributed by atoms with E-state index in [1.165, 1.54) is 16.0 Å². The summed E-state index contributed by atoms with van der Waals surface area (Å²) in [6.07, 6.45) is 2.68. The Bertz CT molecular complexity index is 589. The number of thioether (sulfide) groups is 1. The molecular weight excluding hydrogens is 252 g/mol. The predicted octanol–water partition coefficient (Wildman–Crippen LogP) is 4.15.